The molecule has 2 fully saturated rings. The van der Waals surface area contributed by atoms with Crippen LogP contribution in [0, 0.1) is 11.3 Å². The van der Waals surface area contributed by atoms with Gasteiger partial charge in [-0.3, -0.25) is 4.79 Å². The summed E-state index contributed by atoms with van der Waals surface area (Å²) in [6.45, 7) is 6.83. The van der Waals surface area contributed by atoms with Crippen LogP contribution >= 0.6 is 0 Å². The molecular weight excluding hydrogens is 240 g/mol. The van der Waals surface area contributed by atoms with E-state index in [1.54, 1.807) is 0 Å². The summed E-state index contributed by atoms with van der Waals surface area (Å²) in [5.74, 6) is 0.971. The van der Waals surface area contributed by atoms with Gasteiger partial charge in [0.2, 0.25) is 5.91 Å². The fraction of sp³-hybridized carbons (Fsp3) is 0.933. The van der Waals surface area contributed by atoms with Crippen molar-refractivity contribution in [2.45, 2.75) is 39.0 Å². The van der Waals surface area contributed by atoms with Crippen molar-refractivity contribution in [3.8, 4) is 0 Å². The fourth-order valence-corrected chi connectivity index (χ4v) is 2.96. The van der Waals surface area contributed by atoms with E-state index in [-0.39, 0.29) is 11.3 Å². The molecule has 0 aromatic carbocycles. The zero-order valence-corrected chi connectivity index (χ0v) is 12.4. The maximum Gasteiger partial charge on any atom is 0.226 e. The molecule has 1 N–H and O–H groups in total. The van der Waals surface area contributed by atoms with Crippen molar-refractivity contribution < 1.29 is 9.53 Å². The Balaban J connectivity index is 1.63. The van der Waals surface area contributed by atoms with Crippen LogP contribution in [-0.4, -0.2) is 50.7 Å². The minimum atomic E-state index is -0.150. The van der Waals surface area contributed by atoms with Crippen LogP contribution in [0.15, 0.2) is 0 Å². The molecule has 1 atom stereocenters. The number of ether oxygens (including phenoxy) is 1. The lowest BCUT2D eigenvalue weighted by atomic mass is 9.79. The number of carbonyl (C=O) groups is 1. The Bertz CT molecular complexity index is 293. The third kappa shape index (κ3) is 4.18. The van der Waals surface area contributed by atoms with Crippen molar-refractivity contribution in [3.63, 3.8) is 0 Å². The van der Waals surface area contributed by atoms with E-state index in [1.807, 2.05) is 0 Å². The summed E-state index contributed by atoms with van der Waals surface area (Å²) >= 11 is 0. The molecule has 2 aliphatic rings. The van der Waals surface area contributed by atoms with Crippen LogP contribution in [0.25, 0.3) is 0 Å². The normalized spacial score (nSPS) is 27.4. The predicted octanol–water partition coefficient (Wildman–Crippen LogP) is 1.65. The maximum absolute atomic E-state index is 12.3. The highest BCUT2D eigenvalue weighted by molar-refractivity contribution is 5.82. The molecule has 4 nitrogen and oxygen atoms in total. The second-order valence-electron chi connectivity index (χ2n) is 6.49. The molecule has 4 heteroatoms. The molecule has 0 aromatic rings. The molecule has 2 saturated heterocycles. The Morgan fingerprint density at radius 3 is 2.79 bits per heavy atom. The van der Waals surface area contributed by atoms with E-state index in [9.17, 15) is 4.79 Å². The van der Waals surface area contributed by atoms with Gasteiger partial charge in [-0.25, -0.2) is 0 Å². The summed E-state index contributed by atoms with van der Waals surface area (Å²) in [5, 5.41) is 3.13. The van der Waals surface area contributed by atoms with Gasteiger partial charge in [-0.05, 0) is 58.2 Å². The van der Waals surface area contributed by atoms with Crippen LogP contribution < -0.4 is 5.32 Å². The summed E-state index contributed by atoms with van der Waals surface area (Å²) in [4.78, 5) is 14.6. The Hall–Kier alpha value is -0.610. The number of carbonyl (C=O) groups excluding carboxylic acids is 1. The quantitative estimate of drug-likeness (QED) is 0.771. The van der Waals surface area contributed by atoms with Gasteiger partial charge < -0.3 is 15.0 Å². The predicted molar refractivity (Wildman–Crippen MR) is 76.0 cm³/mol. The standard InChI is InChI=1S/C15H28N2O2/c1-15(6-9-17(2)10-7-15)14(18)16-8-3-4-13-5-11-19-12-13/h13H,3-12H2,1-2H3,(H,16,18)/t13-/m1/s1. The van der Waals surface area contributed by atoms with Gasteiger partial charge in [0.1, 0.15) is 0 Å². The monoisotopic (exact) mass is 268 g/mol. The van der Waals surface area contributed by atoms with Crippen molar-refractivity contribution in [1.29, 1.82) is 0 Å². The van der Waals surface area contributed by atoms with E-state index in [2.05, 4.69) is 24.2 Å². The van der Waals surface area contributed by atoms with Crippen molar-refractivity contribution in [1.82, 2.24) is 10.2 Å². The molecule has 19 heavy (non-hydrogen) atoms. The first kappa shape index (κ1) is 14.8. The molecule has 2 rings (SSSR count). The molecule has 2 heterocycles. The zero-order valence-electron chi connectivity index (χ0n) is 12.4. The number of hydrogen-bond acceptors (Lipinski definition) is 3. The number of amides is 1. The third-order valence-corrected chi connectivity index (χ3v) is 4.74. The Morgan fingerprint density at radius 2 is 2.16 bits per heavy atom. The average molecular weight is 268 g/mol. The van der Waals surface area contributed by atoms with Gasteiger partial charge in [0.05, 0.1) is 0 Å². The van der Waals surface area contributed by atoms with E-state index in [1.165, 1.54) is 12.8 Å². The number of rotatable bonds is 5. The number of piperidine rings is 1. The van der Waals surface area contributed by atoms with E-state index in [0.29, 0.717) is 0 Å². The number of likely N-dealkylation sites (tertiary alicyclic amines) is 1. The second-order valence-corrected chi connectivity index (χ2v) is 6.49. The minimum Gasteiger partial charge on any atom is -0.381 e. The Morgan fingerprint density at radius 1 is 1.42 bits per heavy atom. The molecule has 0 spiro atoms. The Labute approximate surface area is 116 Å². The van der Waals surface area contributed by atoms with Gasteiger partial charge >= 0.3 is 0 Å². The minimum absolute atomic E-state index is 0.150. The fourth-order valence-electron chi connectivity index (χ4n) is 2.96. The third-order valence-electron chi connectivity index (χ3n) is 4.74. The van der Waals surface area contributed by atoms with Gasteiger partial charge in [0, 0.05) is 25.2 Å². The highest BCUT2D eigenvalue weighted by Crippen LogP contribution is 2.30. The molecule has 110 valence electrons. The maximum atomic E-state index is 12.3. The van der Waals surface area contributed by atoms with Crippen molar-refractivity contribution in [2.24, 2.45) is 11.3 Å². The summed E-state index contributed by atoms with van der Waals surface area (Å²) in [5.41, 5.74) is -0.150. The molecule has 2 aliphatic heterocycles. The van der Waals surface area contributed by atoms with Gasteiger partial charge in [-0.15, -0.1) is 0 Å². The highest BCUT2D eigenvalue weighted by atomic mass is 16.5. The molecule has 0 aromatic heterocycles. The van der Waals surface area contributed by atoms with Crippen LogP contribution in [0.5, 0.6) is 0 Å². The average Bonchev–Trinajstić information content (AvgIpc) is 2.91. The summed E-state index contributed by atoms with van der Waals surface area (Å²) in [6.07, 6.45) is 5.41. The smallest absolute Gasteiger partial charge is 0.226 e. The molecule has 0 radical (unpaired) electrons. The number of nitrogens with one attached hydrogen (secondary N) is 1. The zero-order chi connectivity index (χ0) is 13.7. The summed E-state index contributed by atoms with van der Waals surface area (Å²) in [6, 6.07) is 0. The lowest BCUT2D eigenvalue weighted by Crippen LogP contribution is -2.46. The van der Waals surface area contributed by atoms with Crippen LogP contribution in [0.4, 0.5) is 0 Å². The lowest BCUT2D eigenvalue weighted by molar-refractivity contribution is -0.132. The van der Waals surface area contributed by atoms with E-state index in [0.717, 1.165) is 58.0 Å². The lowest BCUT2D eigenvalue weighted by Gasteiger charge is -2.36. The van der Waals surface area contributed by atoms with Crippen molar-refractivity contribution >= 4 is 5.91 Å². The van der Waals surface area contributed by atoms with Crippen LogP contribution in [0.2, 0.25) is 0 Å². The van der Waals surface area contributed by atoms with Crippen molar-refractivity contribution in [2.75, 3.05) is 39.9 Å². The SMILES string of the molecule is CN1CCC(C)(C(=O)NCCC[C@@H]2CCOC2)CC1. The van der Waals surface area contributed by atoms with Gasteiger partial charge in [-0.2, -0.15) is 0 Å². The topological polar surface area (TPSA) is 41.6 Å². The van der Waals surface area contributed by atoms with Gasteiger partial charge in [-0.1, -0.05) is 6.92 Å². The van der Waals surface area contributed by atoms with Crippen LogP contribution in [0.1, 0.15) is 39.0 Å². The summed E-state index contributed by atoms with van der Waals surface area (Å²) in [7, 11) is 2.13. The van der Waals surface area contributed by atoms with Crippen LogP contribution in [-0.2, 0) is 9.53 Å². The number of hydrogen-bond donors (Lipinski definition) is 1. The first-order chi connectivity index (χ1) is 9.10. The molecular formula is C15H28N2O2. The Kier molecular flexibility index (Phi) is 5.22. The van der Waals surface area contributed by atoms with Crippen molar-refractivity contribution in [3.05, 3.63) is 0 Å². The van der Waals surface area contributed by atoms with E-state index >= 15 is 0 Å². The molecule has 1 amide bonds. The first-order valence-corrected chi connectivity index (χ1v) is 7.65. The first-order valence-electron chi connectivity index (χ1n) is 7.65. The highest BCUT2D eigenvalue weighted by Gasteiger charge is 2.35. The summed E-state index contributed by atoms with van der Waals surface area (Å²) < 4.78 is 5.36. The molecule has 0 bridgehead atoms. The second kappa shape index (κ2) is 6.71. The number of nitrogens with zero attached hydrogens (tertiary/aromatic N) is 1. The van der Waals surface area contributed by atoms with Gasteiger partial charge in [0.25, 0.3) is 0 Å². The molecule has 0 aliphatic carbocycles. The largest absolute Gasteiger partial charge is 0.381 e. The van der Waals surface area contributed by atoms with E-state index < -0.39 is 0 Å². The molecule has 0 unspecified atom stereocenters. The van der Waals surface area contributed by atoms with E-state index in [4.69, 9.17) is 4.74 Å². The van der Waals surface area contributed by atoms with Crippen LogP contribution in [0.3, 0.4) is 0 Å². The van der Waals surface area contributed by atoms with Gasteiger partial charge in [0.15, 0.2) is 0 Å². The molecule has 0 saturated carbocycles.